The van der Waals surface area contributed by atoms with Gasteiger partial charge in [0.25, 0.3) is 0 Å². The Bertz CT molecular complexity index is 531. The van der Waals surface area contributed by atoms with Gasteiger partial charge in [-0.1, -0.05) is 38.8 Å². The Balaban J connectivity index is 1.61. The van der Waals surface area contributed by atoms with E-state index >= 15 is 0 Å². The summed E-state index contributed by atoms with van der Waals surface area (Å²) in [5.41, 5.74) is 2.26. The zero-order valence-corrected chi connectivity index (χ0v) is 13.6. The van der Waals surface area contributed by atoms with E-state index in [2.05, 4.69) is 41.5 Å². The Morgan fingerprint density at radius 3 is 3.00 bits per heavy atom. The van der Waals surface area contributed by atoms with Crippen LogP contribution in [-0.4, -0.2) is 31.6 Å². The number of hydrogen-bond donors (Lipinski definition) is 2. The second kappa shape index (κ2) is 6.59. The lowest BCUT2D eigenvalue weighted by atomic mass is 9.78. The third kappa shape index (κ3) is 3.21. The molecule has 1 heterocycles. The van der Waals surface area contributed by atoms with Crippen LogP contribution in [0, 0.1) is 11.8 Å². The smallest absolute Gasteiger partial charge is 0.239 e. The van der Waals surface area contributed by atoms with E-state index in [4.69, 9.17) is 0 Å². The number of benzene rings is 1. The monoisotopic (exact) mass is 301 g/mol. The number of amides is 1. The molecule has 0 radical (unpaired) electrons. The Hall–Kier alpha value is -1.71. The number of nitrogens with one attached hydrogen (secondary N) is 2. The van der Waals surface area contributed by atoms with Crippen LogP contribution in [0.2, 0.25) is 0 Å². The first-order valence-corrected chi connectivity index (χ1v) is 8.52. The molecule has 4 nitrogen and oxygen atoms in total. The predicted octanol–water partition coefficient (Wildman–Crippen LogP) is 2.86. The third-order valence-corrected chi connectivity index (χ3v) is 5.33. The van der Waals surface area contributed by atoms with Gasteiger partial charge in [-0.2, -0.15) is 0 Å². The molecular formula is C18H27N3O. The molecule has 22 heavy (non-hydrogen) atoms. The van der Waals surface area contributed by atoms with Crippen LogP contribution in [-0.2, 0) is 4.79 Å². The maximum absolute atomic E-state index is 12.5. The maximum Gasteiger partial charge on any atom is 0.239 e. The number of nitrogens with zero attached hydrogens (tertiary/aromatic N) is 1. The highest BCUT2D eigenvalue weighted by Crippen LogP contribution is 2.30. The Morgan fingerprint density at radius 1 is 1.32 bits per heavy atom. The Kier molecular flexibility index (Phi) is 4.55. The van der Waals surface area contributed by atoms with E-state index in [1.165, 1.54) is 12.8 Å². The van der Waals surface area contributed by atoms with Crippen LogP contribution in [0.15, 0.2) is 24.3 Å². The number of hydrogen-bond acceptors (Lipinski definition) is 3. The highest BCUT2D eigenvalue weighted by molar-refractivity contribution is 5.84. The molecule has 2 aliphatic rings. The van der Waals surface area contributed by atoms with Crippen LogP contribution < -0.4 is 15.5 Å². The van der Waals surface area contributed by atoms with Crippen LogP contribution >= 0.6 is 0 Å². The highest BCUT2D eigenvalue weighted by Gasteiger charge is 2.28. The van der Waals surface area contributed by atoms with Gasteiger partial charge in [0.1, 0.15) is 0 Å². The van der Waals surface area contributed by atoms with Crippen LogP contribution in [0.3, 0.4) is 0 Å². The van der Waals surface area contributed by atoms with Gasteiger partial charge in [-0.25, -0.2) is 0 Å². The van der Waals surface area contributed by atoms with Gasteiger partial charge in [0, 0.05) is 19.1 Å². The van der Waals surface area contributed by atoms with Crippen molar-refractivity contribution in [2.45, 2.75) is 39.2 Å². The minimum Gasteiger partial charge on any atom is -0.382 e. The van der Waals surface area contributed by atoms with E-state index in [0.29, 0.717) is 24.4 Å². The lowest BCUT2D eigenvalue weighted by Gasteiger charge is -2.36. The molecule has 1 aliphatic carbocycles. The molecule has 1 aromatic carbocycles. The Labute approximate surface area is 133 Å². The molecule has 1 saturated carbocycles. The van der Waals surface area contributed by atoms with Gasteiger partial charge >= 0.3 is 0 Å². The summed E-state index contributed by atoms with van der Waals surface area (Å²) < 4.78 is 0. The second-order valence-electron chi connectivity index (χ2n) is 6.81. The quantitative estimate of drug-likeness (QED) is 0.902. The highest BCUT2D eigenvalue weighted by atomic mass is 16.2. The molecule has 1 amide bonds. The minimum absolute atomic E-state index is 0.155. The lowest BCUT2D eigenvalue weighted by Crippen LogP contribution is -2.48. The molecule has 0 spiro atoms. The minimum atomic E-state index is 0.155. The number of carbonyl (C=O) groups excluding carboxylic acids is 1. The zero-order chi connectivity index (χ0) is 15.5. The number of rotatable bonds is 3. The van der Waals surface area contributed by atoms with Gasteiger partial charge in [0.15, 0.2) is 0 Å². The van der Waals surface area contributed by atoms with Crippen molar-refractivity contribution in [2.24, 2.45) is 11.8 Å². The fourth-order valence-corrected chi connectivity index (χ4v) is 3.72. The summed E-state index contributed by atoms with van der Waals surface area (Å²) in [6, 6.07) is 8.56. The molecule has 0 bridgehead atoms. The molecule has 1 aromatic rings. The van der Waals surface area contributed by atoms with Crippen LogP contribution in [0.25, 0.3) is 0 Å². The van der Waals surface area contributed by atoms with Gasteiger partial charge in [0.2, 0.25) is 5.91 Å². The van der Waals surface area contributed by atoms with Gasteiger partial charge in [0.05, 0.1) is 17.9 Å². The molecule has 0 aromatic heterocycles. The first-order valence-electron chi connectivity index (χ1n) is 8.52. The van der Waals surface area contributed by atoms with Gasteiger partial charge in [-0.3, -0.25) is 4.79 Å². The number of fused-ring (bicyclic) bond motifs is 1. The van der Waals surface area contributed by atoms with Crippen molar-refractivity contribution in [3.8, 4) is 0 Å². The van der Waals surface area contributed by atoms with E-state index < -0.39 is 0 Å². The summed E-state index contributed by atoms with van der Waals surface area (Å²) in [6.45, 7) is 6.79. The zero-order valence-electron chi connectivity index (χ0n) is 13.6. The van der Waals surface area contributed by atoms with Crippen molar-refractivity contribution in [3.05, 3.63) is 24.3 Å². The average molecular weight is 301 g/mol. The standard InChI is InChI=1S/C18H27N3O/c1-13-6-5-8-15(14(13)2)20-18(22)12-21-11-10-19-16-7-3-4-9-17(16)21/h3-4,7,9,13-15,19H,5-6,8,10-12H2,1-2H3,(H,20,22). The fourth-order valence-electron chi connectivity index (χ4n) is 3.72. The number of carbonyl (C=O) groups is 1. The predicted molar refractivity (Wildman–Crippen MR) is 91.3 cm³/mol. The number of anilines is 2. The summed E-state index contributed by atoms with van der Waals surface area (Å²) in [6.07, 6.45) is 3.64. The number of para-hydroxylation sites is 2. The molecule has 3 rings (SSSR count). The molecule has 3 unspecified atom stereocenters. The van der Waals surface area contributed by atoms with Crippen molar-refractivity contribution in [3.63, 3.8) is 0 Å². The van der Waals surface area contributed by atoms with Crippen molar-refractivity contribution >= 4 is 17.3 Å². The molecule has 4 heteroatoms. The molecule has 2 N–H and O–H groups in total. The van der Waals surface area contributed by atoms with Gasteiger partial charge in [-0.15, -0.1) is 0 Å². The Morgan fingerprint density at radius 2 is 2.14 bits per heavy atom. The van der Waals surface area contributed by atoms with E-state index in [0.717, 1.165) is 30.9 Å². The molecule has 120 valence electrons. The molecular weight excluding hydrogens is 274 g/mol. The molecule has 3 atom stereocenters. The third-order valence-electron chi connectivity index (χ3n) is 5.33. The van der Waals surface area contributed by atoms with Gasteiger partial charge in [-0.05, 0) is 30.4 Å². The van der Waals surface area contributed by atoms with Crippen molar-refractivity contribution in [2.75, 3.05) is 29.9 Å². The van der Waals surface area contributed by atoms with E-state index in [1.807, 2.05) is 12.1 Å². The second-order valence-corrected chi connectivity index (χ2v) is 6.81. The molecule has 1 fully saturated rings. The van der Waals surface area contributed by atoms with E-state index in [1.54, 1.807) is 0 Å². The first kappa shape index (κ1) is 15.2. The van der Waals surface area contributed by atoms with Crippen LogP contribution in [0.4, 0.5) is 11.4 Å². The summed E-state index contributed by atoms with van der Waals surface area (Å²) in [7, 11) is 0. The summed E-state index contributed by atoms with van der Waals surface area (Å²) >= 11 is 0. The average Bonchev–Trinajstić information content (AvgIpc) is 2.52. The molecule has 1 aliphatic heterocycles. The fraction of sp³-hybridized carbons (Fsp3) is 0.611. The SMILES string of the molecule is CC1CCCC(NC(=O)CN2CCNc3ccccc32)C1C. The van der Waals surface area contributed by atoms with Crippen LogP contribution in [0.1, 0.15) is 33.1 Å². The lowest BCUT2D eigenvalue weighted by molar-refractivity contribution is -0.121. The summed E-state index contributed by atoms with van der Waals surface area (Å²) in [5, 5.41) is 6.66. The van der Waals surface area contributed by atoms with E-state index in [9.17, 15) is 4.79 Å². The normalized spacial score (nSPS) is 27.7. The van der Waals surface area contributed by atoms with Crippen molar-refractivity contribution in [1.82, 2.24) is 5.32 Å². The van der Waals surface area contributed by atoms with Crippen LogP contribution in [0.5, 0.6) is 0 Å². The largest absolute Gasteiger partial charge is 0.382 e. The van der Waals surface area contributed by atoms with Gasteiger partial charge < -0.3 is 15.5 Å². The van der Waals surface area contributed by atoms with Crippen molar-refractivity contribution in [1.29, 1.82) is 0 Å². The summed E-state index contributed by atoms with van der Waals surface area (Å²) in [5.74, 6) is 1.44. The topological polar surface area (TPSA) is 44.4 Å². The van der Waals surface area contributed by atoms with Crippen molar-refractivity contribution < 1.29 is 4.79 Å². The first-order chi connectivity index (χ1) is 10.6. The summed E-state index contributed by atoms with van der Waals surface area (Å²) in [4.78, 5) is 14.6. The molecule has 0 saturated heterocycles. The maximum atomic E-state index is 12.5. The van der Waals surface area contributed by atoms with E-state index in [-0.39, 0.29) is 5.91 Å².